The molecule has 0 aliphatic carbocycles. The van der Waals surface area contributed by atoms with Gasteiger partial charge in [-0.2, -0.15) is 4.31 Å². The quantitative estimate of drug-likeness (QED) is 0.725. The molecule has 0 spiro atoms. The van der Waals surface area contributed by atoms with Crippen molar-refractivity contribution in [2.45, 2.75) is 30.1 Å². The number of carbonyl (C=O) groups excluding carboxylic acids is 1. The number of ether oxygens (including phenoxy) is 2. The van der Waals surface area contributed by atoms with E-state index in [4.69, 9.17) is 4.74 Å². The largest absolute Gasteiger partial charge is 0.464 e. The van der Waals surface area contributed by atoms with Gasteiger partial charge in [0.1, 0.15) is 0 Å². The van der Waals surface area contributed by atoms with Crippen LogP contribution in [0.3, 0.4) is 0 Å². The van der Waals surface area contributed by atoms with Crippen molar-refractivity contribution in [1.82, 2.24) is 9.29 Å². The van der Waals surface area contributed by atoms with Crippen LogP contribution in [-0.4, -0.2) is 56.6 Å². The lowest BCUT2D eigenvalue weighted by molar-refractivity contribution is 0.0590. The average Bonchev–Trinajstić information content (AvgIpc) is 3.14. The number of esters is 1. The van der Waals surface area contributed by atoms with Gasteiger partial charge >= 0.3 is 5.97 Å². The Balaban J connectivity index is 2.26. The van der Waals surface area contributed by atoms with Gasteiger partial charge in [-0.15, -0.1) is 11.3 Å². The predicted molar refractivity (Wildman–Crippen MR) is 76.9 cm³/mol. The smallest absolute Gasteiger partial charge is 0.358 e. The summed E-state index contributed by atoms with van der Waals surface area (Å²) in [5.41, 5.74) is 1.17. The van der Waals surface area contributed by atoms with Gasteiger partial charge < -0.3 is 9.47 Å². The van der Waals surface area contributed by atoms with E-state index in [0.29, 0.717) is 13.2 Å². The summed E-state index contributed by atoms with van der Waals surface area (Å²) < 4.78 is 36.7. The zero-order valence-electron chi connectivity index (χ0n) is 11.9. The Labute approximate surface area is 127 Å². The second kappa shape index (κ2) is 6.82. The number of likely N-dealkylation sites (N-methyl/N-ethyl adjacent to an activating group) is 1. The summed E-state index contributed by atoms with van der Waals surface area (Å²) in [5, 5.41) is 0. The van der Waals surface area contributed by atoms with Gasteiger partial charge in [0.15, 0.2) is 9.90 Å². The Hall–Kier alpha value is -1.03. The molecule has 1 aromatic rings. The van der Waals surface area contributed by atoms with Gasteiger partial charge in [-0.3, -0.25) is 0 Å². The van der Waals surface area contributed by atoms with Crippen LogP contribution in [0.1, 0.15) is 30.3 Å². The Kier molecular flexibility index (Phi) is 5.31. The van der Waals surface area contributed by atoms with Crippen molar-refractivity contribution in [1.29, 1.82) is 0 Å². The van der Waals surface area contributed by atoms with Gasteiger partial charge in [-0.1, -0.05) is 6.92 Å². The second-order valence-electron chi connectivity index (χ2n) is 4.57. The lowest BCUT2D eigenvalue weighted by Gasteiger charge is -2.22. The predicted octanol–water partition coefficient (Wildman–Crippen LogP) is 1.12. The van der Waals surface area contributed by atoms with E-state index in [0.717, 1.165) is 24.2 Å². The lowest BCUT2D eigenvalue weighted by Crippen LogP contribution is -2.37. The molecule has 118 valence electrons. The van der Waals surface area contributed by atoms with Crippen LogP contribution >= 0.6 is 11.3 Å². The Morgan fingerprint density at radius 3 is 2.95 bits per heavy atom. The number of carbonyl (C=O) groups is 1. The highest BCUT2D eigenvalue weighted by Crippen LogP contribution is 2.26. The normalized spacial score (nSPS) is 19.1. The van der Waals surface area contributed by atoms with Gasteiger partial charge in [-0.25, -0.2) is 18.2 Å². The zero-order valence-corrected chi connectivity index (χ0v) is 13.6. The van der Waals surface area contributed by atoms with Crippen LogP contribution in [0.4, 0.5) is 0 Å². The minimum absolute atomic E-state index is 0.0748. The van der Waals surface area contributed by atoms with Crippen LogP contribution in [0.25, 0.3) is 0 Å². The molecule has 0 saturated carbocycles. The monoisotopic (exact) mass is 334 g/mol. The summed E-state index contributed by atoms with van der Waals surface area (Å²) in [6.07, 6.45) is 1.70. The van der Waals surface area contributed by atoms with Crippen molar-refractivity contribution >= 4 is 27.3 Å². The lowest BCUT2D eigenvalue weighted by atomic mass is 10.2. The highest BCUT2D eigenvalue weighted by molar-refractivity contribution is 7.91. The van der Waals surface area contributed by atoms with Gasteiger partial charge in [-0.05, 0) is 12.8 Å². The Bertz CT molecular complexity index is 593. The fourth-order valence-electron chi connectivity index (χ4n) is 2.18. The van der Waals surface area contributed by atoms with Crippen LogP contribution in [0.2, 0.25) is 0 Å². The summed E-state index contributed by atoms with van der Waals surface area (Å²) in [4.78, 5) is 15.4. The molecule has 1 aromatic heterocycles. The first kappa shape index (κ1) is 16.3. The minimum atomic E-state index is -3.77. The van der Waals surface area contributed by atoms with Crippen molar-refractivity contribution < 1.29 is 22.7 Å². The molecule has 2 heterocycles. The van der Waals surface area contributed by atoms with Crippen molar-refractivity contribution in [3.63, 3.8) is 0 Å². The summed E-state index contributed by atoms with van der Waals surface area (Å²) in [6, 6.07) is 0. The minimum Gasteiger partial charge on any atom is -0.464 e. The highest BCUT2D eigenvalue weighted by Gasteiger charge is 2.33. The first-order valence-electron chi connectivity index (χ1n) is 6.64. The van der Waals surface area contributed by atoms with Crippen molar-refractivity contribution in [3.8, 4) is 0 Å². The number of methoxy groups -OCH3 is 1. The standard InChI is InChI=1S/C12H18N2O5S2/c1-3-14(7-9-5-4-6-19-9)21(16,17)12-10(11(15)18-2)13-8-20-12/h8-9H,3-7H2,1-2H3. The molecule has 21 heavy (non-hydrogen) atoms. The van der Waals surface area contributed by atoms with Gasteiger partial charge in [0, 0.05) is 19.7 Å². The van der Waals surface area contributed by atoms with Crippen LogP contribution in [0, 0.1) is 0 Å². The molecule has 1 unspecified atom stereocenters. The molecular weight excluding hydrogens is 316 g/mol. The number of rotatable bonds is 6. The van der Waals surface area contributed by atoms with Crippen molar-refractivity contribution in [2.75, 3.05) is 26.8 Å². The molecule has 0 aromatic carbocycles. The Morgan fingerprint density at radius 2 is 2.38 bits per heavy atom. The average molecular weight is 334 g/mol. The van der Waals surface area contributed by atoms with E-state index < -0.39 is 16.0 Å². The second-order valence-corrected chi connectivity index (χ2v) is 7.56. The van der Waals surface area contributed by atoms with E-state index in [2.05, 4.69) is 9.72 Å². The zero-order chi connectivity index (χ0) is 15.5. The SMILES string of the molecule is CCN(CC1CCCO1)S(=O)(=O)c1scnc1C(=O)OC. The third-order valence-electron chi connectivity index (χ3n) is 3.27. The first-order chi connectivity index (χ1) is 10.0. The maximum absolute atomic E-state index is 12.7. The van der Waals surface area contributed by atoms with Gasteiger partial charge in [0.2, 0.25) is 0 Å². The van der Waals surface area contributed by atoms with E-state index in [-0.39, 0.29) is 22.6 Å². The number of sulfonamides is 1. The molecule has 2 rings (SSSR count). The summed E-state index contributed by atoms with van der Waals surface area (Å²) in [5.74, 6) is -0.747. The number of thiazole rings is 1. The molecule has 9 heteroatoms. The number of nitrogens with zero attached hydrogens (tertiary/aromatic N) is 2. The van der Waals surface area contributed by atoms with E-state index in [9.17, 15) is 13.2 Å². The molecular formula is C12H18N2O5S2. The number of hydrogen-bond acceptors (Lipinski definition) is 7. The van der Waals surface area contributed by atoms with Crippen molar-refractivity contribution in [2.24, 2.45) is 0 Å². The van der Waals surface area contributed by atoms with E-state index in [1.54, 1.807) is 6.92 Å². The van der Waals surface area contributed by atoms with Crippen LogP contribution in [0.15, 0.2) is 9.72 Å². The molecule has 0 radical (unpaired) electrons. The first-order valence-corrected chi connectivity index (χ1v) is 8.96. The molecule has 0 amide bonds. The summed E-state index contributed by atoms with van der Waals surface area (Å²) in [7, 11) is -2.58. The van der Waals surface area contributed by atoms with Crippen LogP contribution in [0.5, 0.6) is 0 Å². The van der Waals surface area contributed by atoms with Gasteiger partial charge in [0.25, 0.3) is 10.0 Å². The fraction of sp³-hybridized carbons (Fsp3) is 0.667. The third-order valence-corrected chi connectivity index (χ3v) is 6.56. The Morgan fingerprint density at radius 1 is 1.62 bits per heavy atom. The van der Waals surface area contributed by atoms with E-state index in [1.807, 2.05) is 0 Å². The molecule has 0 N–H and O–H groups in total. The van der Waals surface area contributed by atoms with Crippen LogP contribution in [-0.2, 0) is 19.5 Å². The summed E-state index contributed by atoms with van der Waals surface area (Å²) >= 11 is 0.919. The molecule has 1 saturated heterocycles. The van der Waals surface area contributed by atoms with Crippen LogP contribution < -0.4 is 0 Å². The van der Waals surface area contributed by atoms with E-state index in [1.165, 1.54) is 16.9 Å². The topological polar surface area (TPSA) is 85.8 Å². The fourth-order valence-corrected chi connectivity index (χ4v) is 4.93. The van der Waals surface area contributed by atoms with E-state index >= 15 is 0 Å². The number of aromatic nitrogens is 1. The highest BCUT2D eigenvalue weighted by atomic mass is 32.2. The third kappa shape index (κ3) is 3.42. The molecule has 0 bridgehead atoms. The maximum Gasteiger partial charge on any atom is 0.358 e. The molecule has 1 aliphatic heterocycles. The van der Waals surface area contributed by atoms with Crippen molar-refractivity contribution in [3.05, 3.63) is 11.2 Å². The maximum atomic E-state index is 12.7. The molecule has 1 fully saturated rings. The molecule has 7 nitrogen and oxygen atoms in total. The number of hydrogen-bond donors (Lipinski definition) is 0. The molecule has 1 aliphatic rings. The molecule has 1 atom stereocenters. The summed E-state index contributed by atoms with van der Waals surface area (Å²) in [6.45, 7) is 3.01. The van der Waals surface area contributed by atoms with Gasteiger partial charge in [0.05, 0.1) is 18.7 Å².